The first kappa shape index (κ1) is 14.5. The van der Waals surface area contributed by atoms with E-state index in [0.717, 1.165) is 13.1 Å². The van der Waals surface area contributed by atoms with Gasteiger partial charge in [-0.05, 0) is 20.0 Å². The number of ether oxygens (including phenoxy) is 1. The zero-order valence-electron chi connectivity index (χ0n) is 9.32. The minimum absolute atomic E-state index is 0.108. The maximum absolute atomic E-state index is 11.5. The topological polar surface area (TPSA) is 29.5 Å². The van der Waals surface area contributed by atoms with Gasteiger partial charge in [-0.15, -0.1) is 0 Å². The molecule has 0 rings (SSSR count). The summed E-state index contributed by atoms with van der Waals surface area (Å²) < 4.78 is 16.7. The first-order valence-corrected chi connectivity index (χ1v) is 7.51. The van der Waals surface area contributed by atoms with Crippen LogP contribution in [0.1, 0.15) is 20.8 Å². The van der Waals surface area contributed by atoms with E-state index in [0.29, 0.717) is 19.1 Å². The molecule has 0 aromatic rings. The SMILES string of the molecule is CCOC[PH](=O)CC(S)N(CC)CC. The van der Waals surface area contributed by atoms with Crippen molar-refractivity contribution in [2.45, 2.75) is 26.1 Å². The van der Waals surface area contributed by atoms with E-state index in [1.807, 2.05) is 6.92 Å². The summed E-state index contributed by atoms with van der Waals surface area (Å²) in [4.78, 5) is 2.19. The standard InChI is InChI=1S/C9H22NO2PS/c1-4-10(5-2)9(14)7-13(11)8-12-6-3/h9,13-14H,4-8H2,1-3H3. The van der Waals surface area contributed by atoms with Gasteiger partial charge in [-0.1, -0.05) is 13.8 Å². The summed E-state index contributed by atoms with van der Waals surface area (Å²) in [5.74, 6) is 0. The lowest BCUT2D eigenvalue weighted by atomic mass is 10.5. The van der Waals surface area contributed by atoms with Crippen molar-refractivity contribution in [3.63, 3.8) is 0 Å². The molecule has 0 spiro atoms. The second kappa shape index (κ2) is 8.78. The number of hydrogen-bond donors (Lipinski definition) is 1. The quantitative estimate of drug-likeness (QED) is 0.400. The predicted octanol–water partition coefficient (Wildman–Crippen LogP) is 2.14. The van der Waals surface area contributed by atoms with Crippen LogP contribution in [0.15, 0.2) is 0 Å². The maximum Gasteiger partial charge on any atom is 0.103 e. The van der Waals surface area contributed by atoms with Gasteiger partial charge in [0.2, 0.25) is 0 Å². The van der Waals surface area contributed by atoms with E-state index in [4.69, 9.17) is 4.74 Å². The molecule has 0 aliphatic heterocycles. The molecule has 0 heterocycles. The molecule has 0 amide bonds. The molecule has 0 bridgehead atoms. The van der Waals surface area contributed by atoms with Crippen LogP contribution in [0, 0.1) is 0 Å². The number of nitrogens with zero attached hydrogens (tertiary/aromatic N) is 1. The zero-order valence-corrected chi connectivity index (χ0v) is 11.2. The van der Waals surface area contributed by atoms with Crippen molar-refractivity contribution in [2.24, 2.45) is 0 Å². The average molecular weight is 239 g/mol. The van der Waals surface area contributed by atoms with Crippen molar-refractivity contribution >= 4 is 20.4 Å². The van der Waals surface area contributed by atoms with Gasteiger partial charge >= 0.3 is 0 Å². The molecular formula is C9H22NO2PS. The molecule has 0 saturated carbocycles. The molecule has 0 N–H and O–H groups in total. The second-order valence-corrected chi connectivity index (χ2v) is 5.45. The van der Waals surface area contributed by atoms with Crippen molar-refractivity contribution in [3.05, 3.63) is 0 Å². The van der Waals surface area contributed by atoms with E-state index in [1.165, 1.54) is 0 Å². The highest BCUT2D eigenvalue weighted by atomic mass is 32.1. The van der Waals surface area contributed by atoms with Gasteiger partial charge in [-0.25, -0.2) is 0 Å². The van der Waals surface area contributed by atoms with Crippen molar-refractivity contribution in [3.8, 4) is 0 Å². The van der Waals surface area contributed by atoms with Crippen LogP contribution in [-0.4, -0.2) is 42.5 Å². The summed E-state index contributed by atoms with van der Waals surface area (Å²) >= 11 is 4.44. The first-order chi connectivity index (χ1) is 6.65. The summed E-state index contributed by atoms with van der Waals surface area (Å²) in [5, 5.41) is 0.108. The lowest BCUT2D eigenvalue weighted by molar-refractivity contribution is 0.193. The average Bonchev–Trinajstić information content (AvgIpc) is 2.16. The molecule has 0 radical (unpaired) electrons. The number of thiol groups is 1. The Kier molecular flexibility index (Phi) is 9.09. The lowest BCUT2D eigenvalue weighted by Gasteiger charge is -2.25. The first-order valence-electron chi connectivity index (χ1n) is 5.17. The van der Waals surface area contributed by atoms with Gasteiger partial charge in [0.25, 0.3) is 0 Å². The molecule has 0 aliphatic rings. The van der Waals surface area contributed by atoms with E-state index in [2.05, 4.69) is 31.4 Å². The minimum Gasteiger partial charge on any atom is -0.374 e. The second-order valence-electron chi connectivity index (χ2n) is 3.08. The molecule has 86 valence electrons. The van der Waals surface area contributed by atoms with Gasteiger partial charge in [0.15, 0.2) is 0 Å². The highest BCUT2D eigenvalue weighted by Crippen LogP contribution is 2.24. The third-order valence-corrected chi connectivity index (χ3v) is 4.33. The molecule has 0 aliphatic carbocycles. The van der Waals surface area contributed by atoms with Crippen LogP contribution < -0.4 is 0 Å². The van der Waals surface area contributed by atoms with Gasteiger partial charge in [-0.3, -0.25) is 4.90 Å². The van der Waals surface area contributed by atoms with Gasteiger partial charge in [0.05, 0.1) is 11.7 Å². The molecule has 0 saturated heterocycles. The van der Waals surface area contributed by atoms with Gasteiger partial charge in [0.1, 0.15) is 7.80 Å². The number of rotatable bonds is 8. The van der Waals surface area contributed by atoms with E-state index >= 15 is 0 Å². The third kappa shape index (κ3) is 6.07. The van der Waals surface area contributed by atoms with E-state index in [9.17, 15) is 4.57 Å². The van der Waals surface area contributed by atoms with Crippen LogP contribution in [-0.2, 0) is 9.30 Å². The molecule has 0 aromatic heterocycles. The summed E-state index contributed by atoms with van der Waals surface area (Å²) in [5.41, 5.74) is 0. The Morgan fingerprint density at radius 1 is 1.36 bits per heavy atom. The Morgan fingerprint density at radius 3 is 2.36 bits per heavy atom. The van der Waals surface area contributed by atoms with Crippen LogP contribution in [0.5, 0.6) is 0 Å². The van der Waals surface area contributed by atoms with Crippen molar-refractivity contribution < 1.29 is 9.30 Å². The van der Waals surface area contributed by atoms with Crippen LogP contribution in [0.25, 0.3) is 0 Å². The van der Waals surface area contributed by atoms with Gasteiger partial charge < -0.3 is 9.30 Å². The lowest BCUT2D eigenvalue weighted by Crippen LogP contribution is -2.32. The Morgan fingerprint density at radius 2 is 1.93 bits per heavy atom. The molecule has 2 atom stereocenters. The number of hydrogen-bond acceptors (Lipinski definition) is 4. The normalized spacial score (nSPS) is 15.8. The monoisotopic (exact) mass is 239 g/mol. The minimum atomic E-state index is -1.61. The Labute approximate surface area is 93.4 Å². The summed E-state index contributed by atoms with van der Waals surface area (Å²) in [6.45, 7) is 8.64. The van der Waals surface area contributed by atoms with Crippen molar-refractivity contribution in [1.82, 2.24) is 4.90 Å². The molecule has 0 aromatic carbocycles. The van der Waals surface area contributed by atoms with E-state index < -0.39 is 7.80 Å². The largest absolute Gasteiger partial charge is 0.374 e. The Balaban J connectivity index is 3.79. The Hall–Kier alpha value is 0.500. The van der Waals surface area contributed by atoms with E-state index in [-0.39, 0.29) is 5.37 Å². The smallest absolute Gasteiger partial charge is 0.103 e. The fraction of sp³-hybridized carbons (Fsp3) is 1.00. The fourth-order valence-electron chi connectivity index (χ4n) is 1.25. The maximum atomic E-state index is 11.5. The molecular weight excluding hydrogens is 217 g/mol. The van der Waals surface area contributed by atoms with Crippen LogP contribution in [0.3, 0.4) is 0 Å². The fourth-order valence-corrected chi connectivity index (χ4v) is 3.41. The van der Waals surface area contributed by atoms with Crippen LogP contribution in [0.2, 0.25) is 0 Å². The Bertz CT molecular complexity index is 165. The molecule has 5 heteroatoms. The molecule has 0 fully saturated rings. The zero-order chi connectivity index (χ0) is 11.0. The summed E-state index contributed by atoms with van der Waals surface area (Å²) in [6.07, 6.45) is 1.05. The van der Waals surface area contributed by atoms with Gasteiger partial charge in [0, 0.05) is 12.8 Å². The predicted molar refractivity (Wildman–Crippen MR) is 66.1 cm³/mol. The van der Waals surface area contributed by atoms with Gasteiger partial charge in [-0.2, -0.15) is 12.6 Å². The van der Waals surface area contributed by atoms with Crippen molar-refractivity contribution in [1.29, 1.82) is 0 Å². The molecule has 14 heavy (non-hydrogen) atoms. The summed E-state index contributed by atoms with van der Waals surface area (Å²) in [7, 11) is -1.61. The van der Waals surface area contributed by atoms with Crippen LogP contribution >= 0.6 is 20.4 Å². The summed E-state index contributed by atoms with van der Waals surface area (Å²) in [6, 6.07) is 0. The third-order valence-electron chi connectivity index (χ3n) is 2.11. The highest BCUT2D eigenvalue weighted by molar-refractivity contribution is 7.81. The van der Waals surface area contributed by atoms with E-state index in [1.54, 1.807) is 0 Å². The molecule has 3 nitrogen and oxygen atoms in total. The van der Waals surface area contributed by atoms with Crippen LogP contribution in [0.4, 0.5) is 0 Å². The molecule has 2 unspecified atom stereocenters. The highest BCUT2D eigenvalue weighted by Gasteiger charge is 2.13. The van der Waals surface area contributed by atoms with Crippen molar-refractivity contribution in [2.75, 3.05) is 32.2 Å².